The molecule has 1 N–H and O–H groups in total. The quantitative estimate of drug-likeness (QED) is 0.455. The number of morpholine rings is 1. The molecule has 0 spiro atoms. The second-order valence-corrected chi connectivity index (χ2v) is 8.49. The highest BCUT2D eigenvalue weighted by atomic mass is 32.1. The van der Waals surface area contributed by atoms with Crippen LogP contribution in [-0.2, 0) is 17.8 Å². The number of methoxy groups -OCH3 is 1. The van der Waals surface area contributed by atoms with Gasteiger partial charge in [-0.3, -0.25) is 4.90 Å². The molecule has 0 bridgehead atoms. The van der Waals surface area contributed by atoms with E-state index >= 15 is 0 Å². The zero-order chi connectivity index (χ0) is 21.8. The molecule has 1 aliphatic rings. The van der Waals surface area contributed by atoms with Crippen LogP contribution in [0.5, 0.6) is 5.88 Å². The molecule has 0 amide bonds. The van der Waals surface area contributed by atoms with Crippen molar-refractivity contribution < 1.29 is 9.47 Å². The van der Waals surface area contributed by atoms with Crippen LogP contribution in [-0.4, -0.2) is 53.3 Å². The van der Waals surface area contributed by atoms with Crippen LogP contribution >= 0.6 is 11.3 Å². The Morgan fingerprint density at radius 3 is 2.69 bits per heavy atom. The molecule has 1 saturated heterocycles. The maximum Gasteiger partial charge on any atom is 0.212 e. The zero-order valence-corrected chi connectivity index (χ0v) is 18.8. The van der Waals surface area contributed by atoms with Gasteiger partial charge in [0.05, 0.1) is 32.3 Å². The Balaban J connectivity index is 1.49. The summed E-state index contributed by atoms with van der Waals surface area (Å²) in [6.45, 7) is 4.66. The topological polar surface area (TPSA) is 72.4 Å². The van der Waals surface area contributed by atoms with Crippen LogP contribution in [0.3, 0.4) is 0 Å². The number of hydrogen-bond acceptors (Lipinski definition) is 8. The predicted molar refractivity (Wildman–Crippen MR) is 127 cm³/mol. The Kier molecular flexibility index (Phi) is 6.24. The second-order valence-electron chi connectivity index (χ2n) is 7.63. The van der Waals surface area contributed by atoms with Crippen LogP contribution in [0.15, 0.2) is 54.0 Å². The fourth-order valence-electron chi connectivity index (χ4n) is 3.80. The van der Waals surface area contributed by atoms with Gasteiger partial charge < -0.3 is 14.8 Å². The number of aromatic nitrogens is 3. The smallest absolute Gasteiger partial charge is 0.212 e. The molecule has 0 unspecified atom stereocenters. The standard InChI is InChI=1S/C24H25N5O2S/c1-30-21-8-7-17(13-25-21)14-26-23-22-19(18-5-3-2-4-6-18)16-32-24(22)28-20(27-23)15-29-9-11-31-12-10-29/h2-8,13,16H,9-12,14-15H2,1H3,(H,26,27,28). The van der Waals surface area contributed by atoms with E-state index < -0.39 is 0 Å². The third kappa shape index (κ3) is 4.57. The van der Waals surface area contributed by atoms with Crippen molar-refractivity contribution in [1.29, 1.82) is 0 Å². The molecule has 3 aromatic heterocycles. The Morgan fingerprint density at radius 1 is 1.09 bits per heavy atom. The summed E-state index contributed by atoms with van der Waals surface area (Å²) < 4.78 is 10.6. The van der Waals surface area contributed by atoms with Gasteiger partial charge in [-0.1, -0.05) is 36.4 Å². The first-order valence-corrected chi connectivity index (χ1v) is 11.5. The van der Waals surface area contributed by atoms with E-state index in [-0.39, 0.29) is 0 Å². The summed E-state index contributed by atoms with van der Waals surface area (Å²) in [6, 6.07) is 14.3. The number of nitrogens with one attached hydrogen (secondary N) is 1. The van der Waals surface area contributed by atoms with Gasteiger partial charge in [0.15, 0.2) is 0 Å². The van der Waals surface area contributed by atoms with E-state index in [4.69, 9.17) is 19.4 Å². The number of pyridine rings is 1. The maximum absolute atomic E-state index is 5.48. The van der Waals surface area contributed by atoms with E-state index in [0.29, 0.717) is 12.4 Å². The number of rotatable bonds is 7. The number of thiophene rings is 1. The van der Waals surface area contributed by atoms with Gasteiger partial charge in [0.2, 0.25) is 5.88 Å². The normalized spacial score (nSPS) is 14.5. The van der Waals surface area contributed by atoms with Gasteiger partial charge in [-0.2, -0.15) is 0 Å². The molecular formula is C24H25N5O2S. The minimum Gasteiger partial charge on any atom is -0.481 e. The van der Waals surface area contributed by atoms with Gasteiger partial charge in [-0.15, -0.1) is 11.3 Å². The number of hydrogen-bond donors (Lipinski definition) is 1. The molecule has 32 heavy (non-hydrogen) atoms. The highest BCUT2D eigenvalue weighted by Crippen LogP contribution is 2.37. The van der Waals surface area contributed by atoms with E-state index in [1.807, 2.05) is 24.4 Å². The van der Waals surface area contributed by atoms with Crippen LogP contribution < -0.4 is 10.1 Å². The molecule has 0 radical (unpaired) electrons. The van der Waals surface area contributed by atoms with E-state index in [1.54, 1.807) is 18.4 Å². The van der Waals surface area contributed by atoms with Gasteiger partial charge in [0, 0.05) is 42.8 Å². The van der Waals surface area contributed by atoms with Crippen molar-refractivity contribution in [1.82, 2.24) is 19.9 Å². The molecule has 0 aliphatic carbocycles. The fourth-order valence-corrected chi connectivity index (χ4v) is 4.76. The lowest BCUT2D eigenvalue weighted by atomic mass is 10.1. The Hall–Kier alpha value is -3.07. The molecule has 7 nitrogen and oxygen atoms in total. The lowest BCUT2D eigenvalue weighted by Gasteiger charge is -2.25. The van der Waals surface area contributed by atoms with Crippen LogP contribution in [0.4, 0.5) is 5.82 Å². The van der Waals surface area contributed by atoms with Crippen LogP contribution in [0.1, 0.15) is 11.4 Å². The van der Waals surface area contributed by atoms with Gasteiger partial charge in [0.1, 0.15) is 16.5 Å². The molecule has 1 aromatic carbocycles. The summed E-state index contributed by atoms with van der Waals surface area (Å²) in [7, 11) is 1.62. The summed E-state index contributed by atoms with van der Waals surface area (Å²) in [5.41, 5.74) is 3.38. The van der Waals surface area contributed by atoms with E-state index in [2.05, 4.69) is 44.8 Å². The first kappa shape index (κ1) is 20.8. The third-order valence-corrected chi connectivity index (χ3v) is 6.37. The van der Waals surface area contributed by atoms with Crippen molar-refractivity contribution in [3.63, 3.8) is 0 Å². The number of anilines is 1. The van der Waals surface area contributed by atoms with Gasteiger partial charge in [-0.25, -0.2) is 15.0 Å². The molecule has 164 valence electrons. The molecule has 4 aromatic rings. The largest absolute Gasteiger partial charge is 0.481 e. The van der Waals surface area contributed by atoms with Crippen molar-refractivity contribution in [2.24, 2.45) is 0 Å². The first-order valence-electron chi connectivity index (χ1n) is 10.7. The highest BCUT2D eigenvalue weighted by Gasteiger charge is 2.18. The molecule has 4 heterocycles. The summed E-state index contributed by atoms with van der Waals surface area (Å²) in [5.74, 6) is 2.29. The van der Waals surface area contributed by atoms with Gasteiger partial charge in [0.25, 0.3) is 0 Å². The zero-order valence-electron chi connectivity index (χ0n) is 18.0. The monoisotopic (exact) mass is 447 g/mol. The lowest BCUT2D eigenvalue weighted by Crippen LogP contribution is -2.36. The SMILES string of the molecule is COc1ccc(CNc2nc(CN3CCOCC3)nc3scc(-c4ccccc4)c23)cn1. The summed E-state index contributed by atoms with van der Waals surface area (Å²) in [4.78, 5) is 17.5. The number of fused-ring (bicyclic) bond motifs is 1. The minimum absolute atomic E-state index is 0.607. The van der Waals surface area contributed by atoms with Crippen LogP contribution in [0.25, 0.3) is 21.3 Å². The van der Waals surface area contributed by atoms with E-state index in [9.17, 15) is 0 Å². The maximum atomic E-state index is 5.48. The minimum atomic E-state index is 0.607. The van der Waals surface area contributed by atoms with E-state index in [0.717, 1.165) is 71.4 Å². The van der Waals surface area contributed by atoms with Gasteiger partial charge >= 0.3 is 0 Å². The number of nitrogens with zero attached hydrogens (tertiary/aromatic N) is 4. The second kappa shape index (κ2) is 9.60. The molecule has 5 rings (SSSR count). The molecule has 1 fully saturated rings. The van der Waals surface area contributed by atoms with Crippen molar-refractivity contribution in [3.8, 4) is 17.0 Å². The summed E-state index contributed by atoms with van der Waals surface area (Å²) in [6.07, 6.45) is 1.82. The van der Waals surface area contributed by atoms with Crippen molar-refractivity contribution >= 4 is 27.4 Å². The van der Waals surface area contributed by atoms with Gasteiger partial charge in [-0.05, 0) is 11.1 Å². The molecular weight excluding hydrogens is 422 g/mol. The average Bonchev–Trinajstić information content (AvgIpc) is 3.28. The Morgan fingerprint density at radius 2 is 1.94 bits per heavy atom. The van der Waals surface area contributed by atoms with E-state index in [1.165, 1.54) is 0 Å². The molecule has 0 saturated carbocycles. The predicted octanol–water partition coefficient (Wildman–Crippen LogP) is 4.21. The van der Waals surface area contributed by atoms with Crippen molar-refractivity contribution in [2.45, 2.75) is 13.1 Å². The molecule has 8 heteroatoms. The average molecular weight is 448 g/mol. The fraction of sp³-hybridized carbons (Fsp3) is 0.292. The first-order chi connectivity index (χ1) is 15.8. The summed E-state index contributed by atoms with van der Waals surface area (Å²) >= 11 is 1.66. The van der Waals surface area contributed by atoms with Crippen LogP contribution in [0.2, 0.25) is 0 Å². The van der Waals surface area contributed by atoms with Crippen molar-refractivity contribution in [2.75, 3.05) is 38.7 Å². The highest BCUT2D eigenvalue weighted by molar-refractivity contribution is 7.17. The van der Waals surface area contributed by atoms with Crippen LogP contribution in [0, 0.1) is 0 Å². The number of ether oxygens (including phenoxy) is 2. The molecule has 0 atom stereocenters. The van der Waals surface area contributed by atoms with Crippen molar-refractivity contribution in [3.05, 3.63) is 65.4 Å². The Labute approximate surface area is 191 Å². The lowest BCUT2D eigenvalue weighted by molar-refractivity contribution is 0.0331. The molecule has 1 aliphatic heterocycles. The third-order valence-electron chi connectivity index (χ3n) is 5.50. The number of benzene rings is 1. The Bertz CT molecular complexity index is 1170. The summed E-state index contributed by atoms with van der Waals surface area (Å²) in [5, 5.41) is 6.78.